The zero-order valence-electron chi connectivity index (χ0n) is 11.5. The lowest BCUT2D eigenvalue weighted by molar-refractivity contribution is 0.561. The van der Waals surface area contributed by atoms with Gasteiger partial charge in [-0.2, -0.15) is 11.8 Å². The summed E-state index contributed by atoms with van der Waals surface area (Å²) in [4.78, 5) is 7.05. The maximum atomic E-state index is 4.61. The van der Waals surface area contributed by atoms with Crippen molar-refractivity contribution in [2.24, 2.45) is 0 Å². The predicted molar refractivity (Wildman–Crippen MR) is 80.5 cm³/mol. The first-order chi connectivity index (χ1) is 8.74. The minimum absolute atomic E-state index is 0.370. The first-order valence-corrected chi connectivity index (χ1v) is 7.79. The average Bonchev–Trinajstić information content (AvgIpc) is 2.41. The summed E-state index contributed by atoms with van der Waals surface area (Å²) in [7, 11) is 1.99. The van der Waals surface area contributed by atoms with Gasteiger partial charge in [-0.3, -0.25) is 4.98 Å². The molecule has 0 spiro atoms. The van der Waals surface area contributed by atoms with Crippen LogP contribution in [-0.2, 0) is 0 Å². The third kappa shape index (κ3) is 3.18. The summed E-state index contributed by atoms with van der Waals surface area (Å²) in [6, 6.07) is 4.74. The molecule has 2 rings (SSSR count). The van der Waals surface area contributed by atoms with Gasteiger partial charge in [0.15, 0.2) is 0 Å². The molecule has 1 aromatic rings. The molecule has 1 fully saturated rings. The van der Waals surface area contributed by atoms with E-state index in [2.05, 4.69) is 52.9 Å². The molecule has 1 aromatic heterocycles. The van der Waals surface area contributed by atoms with Crippen molar-refractivity contribution in [3.8, 4) is 0 Å². The van der Waals surface area contributed by atoms with Crippen molar-refractivity contribution in [2.75, 3.05) is 30.8 Å². The average molecular weight is 265 g/mol. The van der Waals surface area contributed by atoms with E-state index < -0.39 is 0 Å². The van der Waals surface area contributed by atoms with Crippen LogP contribution in [0.1, 0.15) is 32.0 Å². The number of nitrogens with one attached hydrogen (secondary N) is 1. The van der Waals surface area contributed by atoms with Gasteiger partial charge in [-0.05, 0) is 25.6 Å². The van der Waals surface area contributed by atoms with Crippen molar-refractivity contribution in [2.45, 2.75) is 31.6 Å². The summed E-state index contributed by atoms with van der Waals surface area (Å²) in [5.41, 5.74) is 2.40. The lowest BCUT2D eigenvalue weighted by Crippen LogP contribution is -2.36. The van der Waals surface area contributed by atoms with E-state index in [1.807, 2.05) is 13.2 Å². The van der Waals surface area contributed by atoms with Crippen LogP contribution in [0.5, 0.6) is 0 Å². The van der Waals surface area contributed by atoms with Gasteiger partial charge in [0.25, 0.3) is 0 Å². The highest BCUT2D eigenvalue weighted by atomic mass is 32.2. The Kier molecular flexibility index (Phi) is 4.89. The number of anilines is 1. The van der Waals surface area contributed by atoms with Crippen molar-refractivity contribution in [3.63, 3.8) is 0 Å². The Bertz CT molecular complexity index is 362. The number of hydrogen-bond acceptors (Lipinski definition) is 4. The summed E-state index contributed by atoms with van der Waals surface area (Å²) in [5.74, 6) is 1.22. The quantitative estimate of drug-likeness (QED) is 0.906. The van der Waals surface area contributed by atoms with Gasteiger partial charge >= 0.3 is 0 Å². The molecule has 18 heavy (non-hydrogen) atoms. The van der Waals surface area contributed by atoms with E-state index in [1.54, 1.807) is 0 Å². The highest BCUT2D eigenvalue weighted by molar-refractivity contribution is 8.00. The lowest BCUT2D eigenvalue weighted by atomic mass is 10.1. The topological polar surface area (TPSA) is 28.2 Å². The van der Waals surface area contributed by atoms with Crippen LogP contribution in [0.3, 0.4) is 0 Å². The molecule has 3 nitrogen and oxygen atoms in total. The maximum absolute atomic E-state index is 4.61. The molecule has 1 saturated heterocycles. The van der Waals surface area contributed by atoms with Gasteiger partial charge in [0.2, 0.25) is 0 Å². The van der Waals surface area contributed by atoms with Crippen LogP contribution >= 0.6 is 11.8 Å². The molecule has 0 aromatic carbocycles. The molecule has 4 heteroatoms. The first-order valence-electron chi connectivity index (χ1n) is 6.74. The van der Waals surface area contributed by atoms with E-state index in [4.69, 9.17) is 0 Å². The number of nitrogens with zero attached hydrogens (tertiary/aromatic N) is 2. The number of aromatic nitrogens is 1. The van der Waals surface area contributed by atoms with E-state index in [-0.39, 0.29) is 0 Å². The third-order valence-corrected chi connectivity index (χ3v) is 4.63. The SMILES string of the molecule is CCC(NC)c1ccc(N2CCSC(C)C2)cn1. The molecular weight excluding hydrogens is 242 g/mol. The summed E-state index contributed by atoms with van der Waals surface area (Å²) < 4.78 is 0. The summed E-state index contributed by atoms with van der Waals surface area (Å²) in [5, 5.41) is 4.02. The van der Waals surface area contributed by atoms with E-state index in [0.717, 1.165) is 30.5 Å². The van der Waals surface area contributed by atoms with Gasteiger partial charge < -0.3 is 10.2 Å². The summed E-state index contributed by atoms with van der Waals surface area (Å²) in [6.45, 7) is 6.75. The van der Waals surface area contributed by atoms with Crippen LogP contribution < -0.4 is 10.2 Å². The van der Waals surface area contributed by atoms with Crippen molar-refractivity contribution in [1.82, 2.24) is 10.3 Å². The van der Waals surface area contributed by atoms with Crippen LogP contribution in [-0.4, -0.2) is 36.1 Å². The van der Waals surface area contributed by atoms with Crippen molar-refractivity contribution >= 4 is 17.4 Å². The molecule has 0 radical (unpaired) electrons. The smallest absolute Gasteiger partial charge is 0.0574 e. The Balaban J connectivity index is 2.07. The fourth-order valence-electron chi connectivity index (χ4n) is 2.40. The normalized spacial score (nSPS) is 21.9. The van der Waals surface area contributed by atoms with Gasteiger partial charge in [-0.25, -0.2) is 0 Å². The van der Waals surface area contributed by atoms with Gasteiger partial charge in [0, 0.05) is 30.1 Å². The Labute approximate surface area is 114 Å². The maximum Gasteiger partial charge on any atom is 0.0574 e. The van der Waals surface area contributed by atoms with E-state index >= 15 is 0 Å². The molecule has 0 aliphatic carbocycles. The Morgan fingerprint density at radius 3 is 2.94 bits per heavy atom. The Morgan fingerprint density at radius 1 is 1.56 bits per heavy atom. The second-order valence-corrected chi connectivity index (χ2v) is 6.36. The number of thioether (sulfide) groups is 1. The molecule has 0 amide bonds. The van der Waals surface area contributed by atoms with E-state index in [1.165, 1.54) is 11.4 Å². The first kappa shape index (κ1) is 13.7. The highest BCUT2D eigenvalue weighted by Crippen LogP contribution is 2.24. The lowest BCUT2D eigenvalue weighted by Gasteiger charge is -2.32. The van der Waals surface area contributed by atoms with Gasteiger partial charge in [-0.15, -0.1) is 0 Å². The predicted octanol–water partition coefficient (Wildman–Crippen LogP) is 2.69. The zero-order valence-corrected chi connectivity index (χ0v) is 12.3. The molecule has 0 saturated carbocycles. The molecule has 2 unspecified atom stereocenters. The Morgan fingerprint density at radius 2 is 2.39 bits per heavy atom. The zero-order chi connectivity index (χ0) is 13.0. The van der Waals surface area contributed by atoms with Crippen molar-refractivity contribution in [3.05, 3.63) is 24.0 Å². The highest BCUT2D eigenvalue weighted by Gasteiger charge is 2.17. The fourth-order valence-corrected chi connectivity index (χ4v) is 3.42. The second-order valence-electron chi connectivity index (χ2n) is 4.82. The summed E-state index contributed by atoms with van der Waals surface area (Å²) >= 11 is 2.06. The number of pyridine rings is 1. The molecule has 1 N–H and O–H groups in total. The monoisotopic (exact) mass is 265 g/mol. The van der Waals surface area contributed by atoms with Gasteiger partial charge in [-0.1, -0.05) is 13.8 Å². The van der Waals surface area contributed by atoms with E-state index in [9.17, 15) is 0 Å². The molecule has 1 aliphatic heterocycles. The largest absolute Gasteiger partial charge is 0.368 e. The minimum Gasteiger partial charge on any atom is -0.368 e. The van der Waals surface area contributed by atoms with Gasteiger partial charge in [0.1, 0.15) is 0 Å². The van der Waals surface area contributed by atoms with Crippen molar-refractivity contribution < 1.29 is 0 Å². The second kappa shape index (κ2) is 6.43. The van der Waals surface area contributed by atoms with E-state index in [0.29, 0.717) is 6.04 Å². The third-order valence-electron chi connectivity index (χ3n) is 3.49. The van der Waals surface area contributed by atoms with Crippen LogP contribution in [0, 0.1) is 0 Å². The van der Waals surface area contributed by atoms with Crippen LogP contribution in [0.25, 0.3) is 0 Å². The molecule has 2 atom stereocenters. The van der Waals surface area contributed by atoms with Gasteiger partial charge in [0.05, 0.1) is 17.6 Å². The van der Waals surface area contributed by atoms with Crippen LogP contribution in [0.2, 0.25) is 0 Å². The fraction of sp³-hybridized carbons (Fsp3) is 0.643. The molecule has 1 aliphatic rings. The van der Waals surface area contributed by atoms with Crippen LogP contribution in [0.4, 0.5) is 5.69 Å². The van der Waals surface area contributed by atoms with Crippen LogP contribution in [0.15, 0.2) is 18.3 Å². The molecule has 0 bridgehead atoms. The standard InChI is InChI=1S/C14H23N3S/c1-4-13(15-3)14-6-5-12(9-16-14)17-7-8-18-11(2)10-17/h5-6,9,11,13,15H,4,7-8,10H2,1-3H3. The number of rotatable bonds is 4. The Hall–Kier alpha value is -0.740. The molecule has 100 valence electrons. The van der Waals surface area contributed by atoms with Crippen molar-refractivity contribution in [1.29, 1.82) is 0 Å². The molecular formula is C14H23N3S. The minimum atomic E-state index is 0.370. The molecule has 2 heterocycles. The number of hydrogen-bond donors (Lipinski definition) is 1. The summed E-state index contributed by atoms with van der Waals surface area (Å²) in [6.07, 6.45) is 3.10.